The van der Waals surface area contributed by atoms with Crippen LogP contribution < -0.4 is 10.6 Å². The van der Waals surface area contributed by atoms with E-state index in [1.807, 2.05) is 6.07 Å². The molecule has 1 saturated heterocycles. The molecule has 0 saturated carbocycles. The Morgan fingerprint density at radius 1 is 1.11 bits per heavy atom. The van der Waals surface area contributed by atoms with Gasteiger partial charge in [-0.2, -0.15) is 0 Å². The highest BCUT2D eigenvalue weighted by Crippen LogP contribution is 2.22. The van der Waals surface area contributed by atoms with Crippen molar-refractivity contribution in [1.82, 2.24) is 10.2 Å². The van der Waals surface area contributed by atoms with Gasteiger partial charge in [0.05, 0.1) is 10.6 Å². The lowest BCUT2D eigenvalue weighted by atomic mass is 10.0. The summed E-state index contributed by atoms with van der Waals surface area (Å²) in [5.74, 6) is -0.346. The van der Waals surface area contributed by atoms with E-state index >= 15 is 0 Å². The van der Waals surface area contributed by atoms with Crippen molar-refractivity contribution >= 4 is 29.1 Å². The van der Waals surface area contributed by atoms with Crippen LogP contribution in [0.3, 0.4) is 0 Å². The average Bonchev–Trinajstić information content (AvgIpc) is 2.64. The zero-order valence-corrected chi connectivity index (χ0v) is 16.1. The van der Waals surface area contributed by atoms with Crippen LogP contribution in [0.2, 0.25) is 5.02 Å². The molecule has 1 fully saturated rings. The Morgan fingerprint density at radius 2 is 1.81 bits per heavy atom. The van der Waals surface area contributed by atoms with Gasteiger partial charge in [-0.05, 0) is 36.6 Å². The van der Waals surface area contributed by atoms with Crippen LogP contribution >= 0.6 is 11.6 Å². The highest BCUT2D eigenvalue weighted by molar-refractivity contribution is 6.34. The highest BCUT2D eigenvalue weighted by atomic mass is 35.5. The van der Waals surface area contributed by atoms with Crippen molar-refractivity contribution in [3.63, 3.8) is 0 Å². The van der Waals surface area contributed by atoms with Gasteiger partial charge in [0, 0.05) is 38.3 Å². The van der Waals surface area contributed by atoms with Crippen molar-refractivity contribution in [3.8, 4) is 0 Å². The normalized spacial score (nSPS) is 15.3. The van der Waals surface area contributed by atoms with Gasteiger partial charge in [-0.3, -0.25) is 14.5 Å². The summed E-state index contributed by atoms with van der Waals surface area (Å²) < 4.78 is 0. The van der Waals surface area contributed by atoms with Gasteiger partial charge in [0.15, 0.2) is 0 Å². The smallest absolute Gasteiger partial charge is 0.253 e. The maximum Gasteiger partial charge on any atom is 0.253 e. The number of carbonyl (C=O) groups excluding carboxylic acids is 2. The Labute approximate surface area is 164 Å². The van der Waals surface area contributed by atoms with E-state index < -0.39 is 0 Å². The van der Waals surface area contributed by atoms with Gasteiger partial charge >= 0.3 is 0 Å². The Morgan fingerprint density at radius 3 is 2.44 bits per heavy atom. The number of carbonyl (C=O) groups is 2. The van der Waals surface area contributed by atoms with Gasteiger partial charge in [0.1, 0.15) is 0 Å². The topological polar surface area (TPSA) is 61.4 Å². The zero-order valence-electron chi connectivity index (χ0n) is 15.4. The van der Waals surface area contributed by atoms with E-state index in [9.17, 15) is 9.59 Å². The molecule has 142 valence electrons. The Bertz CT molecular complexity index is 802. The molecule has 0 bridgehead atoms. The molecule has 0 atom stereocenters. The molecule has 0 radical (unpaired) electrons. The summed E-state index contributed by atoms with van der Waals surface area (Å²) in [5, 5.41) is 6.07. The SMILES string of the molecule is CC(=O)Nc1ccc(C(=O)NC2CCN(Cc3ccccc3)CC2)c(Cl)c1. The van der Waals surface area contributed by atoms with Gasteiger partial charge in [0.2, 0.25) is 5.91 Å². The number of halogens is 1. The van der Waals surface area contributed by atoms with E-state index in [-0.39, 0.29) is 17.9 Å². The van der Waals surface area contributed by atoms with Crippen LogP contribution in [0, 0.1) is 0 Å². The molecule has 3 rings (SSSR count). The summed E-state index contributed by atoms with van der Waals surface area (Å²) in [5.41, 5.74) is 2.32. The second kappa shape index (κ2) is 9.02. The maximum atomic E-state index is 12.5. The fourth-order valence-electron chi connectivity index (χ4n) is 3.32. The molecular weight excluding hydrogens is 362 g/mol. The van der Waals surface area contributed by atoms with Crippen LogP contribution in [0.5, 0.6) is 0 Å². The minimum Gasteiger partial charge on any atom is -0.349 e. The molecule has 5 nitrogen and oxygen atoms in total. The van der Waals surface area contributed by atoms with Crippen molar-refractivity contribution < 1.29 is 9.59 Å². The number of likely N-dealkylation sites (tertiary alicyclic amines) is 1. The van der Waals surface area contributed by atoms with Crippen LogP contribution in [0.1, 0.15) is 35.7 Å². The van der Waals surface area contributed by atoms with E-state index in [2.05, 4.69) is 39.8 Å². The summed E-state index contributed by atoms with van der Waals surface area (Å²) in [6.45, 7) is 4.28. The molecule has 1 aliphatic rings. The molecule has 1 aliphatic heterocycles. The quantitative estimate of drug-likeness (QED) is 0.825. The number of piperidine rings is 1. The Hall–Kier alpha value is -2.37. The second-order valence-electron chi connectivity index (χ2n) is 6.89. The third kappa shape index (κ3) is 5.55. The van der Waals surface area contributed by atoms with Crippen molar-refractivity contribution in [3.05, 3.63) is 64.7 Å². The molecule has 6 heteroatoms. The molecule has 2 N–H and O–H groups in total. The molecule has 2 aromatic rings. The minimum absolute atomic E-state index is 0.149. The first-order valence-electron chi connectivity index (χ1n) is 9.15. The fourth-order valence-corrected chi connectivity index (χ4v) is 3.59. The average molecular weight is 386 g/mol. The number of nitrogens with one attached hydrogen (secondary N) is 2. The largest absolute Gasteiger partial charge is 0.349 e. The Balaban J connectivity index is 1.51. The van der Waals surface area contributed by atoms with Crippen LogP contribution in [0.4, 0.5) is 5.69 Å². The van der Waals surface area contributed by atoms with Crippen LogP contribution in [-0.2, 0) is 11.3 Å². The molecule has 2 amide bonds. The zero-order chi connectivity index (χ0) is 19.2. The number of hydrogen-bond donors (Lipinski definition) is 2. The van der Waals surface area contributed by atoms with E-state index in [0.29, 0.717) is 16.3 Å². The number of amides is 2. The van der Waals surface area contributed by atoms with Crippen molar-refractivity contribution in [2.75, 3.05) is 18.4 Å². The van der Waals surface area contributed by atoms with Crippen molar-refractivity contribution in [1.29, 1.82) is 0 Å². The van der Waals surface area contributed by atoms with Gasteiger partial charge < -0.3 is 10.6 Å². The molecule has 0 spiro atoms. The lowest BCUT2D eigenvalue weighted by Crippen LogP contribution is -2.44. The first-order chi connectivity index (χ1) is 13.0. The van der Waals surface area contributed by atoms with Gasteiger partial charge in [-0.15, -0.1) is 0 Å². The van der Waals surface area contributed by atoms with E-state index in [1.54, 1.807) is 18.2 Å². The Kier molecular flexibility index (Phi) is 6.48. The molecule has 0 unspecified atom stereocenters. The number of hydrogen-bond acceptors (Lipinski definition) is 3. The minimum atomic E-state index is -0.175. The molecule has 0 aromatic heterocycles. The first-order valence-corrected chi connectivity index (χ1v) is 9.53. The summed E-state index contributed by atoms with van der Waals surface area (Å²) in [6.07, 6.45) is 1.83. The number of benzene rings is 2. The monoisotopic (exact) mass is 385 g/mol. The lowest BCUT2D eigenvalue weighted by Gasteiger charge is -2.32. The van der Waals surface area contributed by atoms with E-state index in [1.165, 1.54) is 12.5 Å². The van der Waals surface area contributed by atoms with Gasteiger partial charge in [-0.1, -0.05) is 41.9 Å². The summed E-state index contributed by atoms with van der Waals surface area (Å²) in [7, 11) is 0. The molecule has 0 aliphatic carbocycles. The van der Waals surface area contributed by atoms with Crippen molar-refractivity contribution in [2.24, 2.45) is 0 Å². The molecule has 2 aromatic carbocycles. The summed E-state index contributed by atoms with van der Waals surface area (Å²) in [4.78, 5) is 26.1. The predicted molar refractivity (Wildman–Crippen MR) is 108 cm³/mol. The molecule has 27 heavy (non-hydrogen) atoms. The first kappa shape index (κ1) is 19.4. The van der Waals surface area contributed by atoms with Gasteiger partial charge in [-0.25, -0.2) is 0 Å². The maximum absolute atomic E-state index is 12.5. The van der Waals surface area contributed by atoms with Crippen LogP contribution in [0.25, 0.3) is 0 Å². The highest BCUT2D eigenvalue weighted by Gasteiger charge is 2.22. The predicted octanol–water partition coefficient (Wildman–Crippen LogP) is 3.69. The fraction of sp³-hybridized carbons (Fsp3) is 0.333. The number of rotatable bonds is 5. The lowest BCUT2D eigenvalue weighted by molar-refractivity contribution is -0.114. The standard InChI is InChI=1S/C21H24ClN3O2/c1-15(26)23-18-7-8-19(20(22)13-18)21(27)24-17-9-11-25(12-10-17)14-16-5-3-2-4-6-16/h2-8,13,17H,9-12,14H2,1H3,(H,23,26)(H,24,27). The van der Waals surface area contributed by atoms with Crippen LogP contribution in [-0.4, -0.2) is 35.8 Å². The van der Waals surface area contributed by atoms with Crippen LogP contribution in [0.15, 0.2) is 48.5 Å². The molecule has 1 heterocycles. The third-order valence-corrected chi connectivity index (χ3v) is 5.02. The van der Waals surface area contributed by atoms with E-state index in [4.69, 9.17) is 11.6 Å². The number of nitrogens with zero attached hydrogens (tertiary/aromatic N) is 1. The second-order valence-corrected chi connectivity index (χ2v) is 7.29. The molecular formula is C21H24ClN3O2. The third-order valence-electron chi connectivity index (χ3n) is 4.71. The summed E-state index contributed by atoms with van der Waals surface area (Å²) >= 11 is 6.22. The van der Waals surface area contributed by atoms with Gasteiger partial charge in [0.25, 0.3) is 5.91 Å². The summed E-state index contributed by atoms with van der Waals surface area (Å²) in [6, 6.07) is 15.5. The number of anilines is 1. The van der Waals surface area contributed by atoms with E-state index in [0.717, 1.165) is 32.5 Å². The van der Waals surface area contributed by atoms with Crippen molar-refractivity contribution in [2.45, 2.75) is 32.4 Å².